The molecule has 0 saturated heterocycles. The van der Waals surface area contributed by atoms with Gasteiger partial charge in [0.2, 0.25) is 11.0 Å². The summed E-state index contributed by atoms with van der Waals surface area (Å²) in [6.07, 6.45) is 0.926. The van der Waals surface area contributed by atoms with Crippen molar-refractivity contribution in [1.29, 1.82) is 0 Å². The summed E-state index contributed by atoms with van der Waals surface area (Å²) >= 11 is 2.90. The van der Waals surface area contributed by atoms with Crippen molar-refractivity contribution in [2.45, 2.75) is 23.7 Å². The van der Waals surface area contributed by atoms with Crippen LogP contribution in [0.5, 0.6) is 0 Å². The lowest BCUT2D eigenvalue weighted by Gasteiger charge is -2.22. The summed E-state index contributed by atoms with van der Waals surface area (Å²) in [6.45, 7) is 2.09. The highest BCUT2D eigenvalue weighted by atomic mass is 32.2. The zero-order chi connectivity index (χ0) is 14.8. The Kier molecular flexibility index (Phi) is 4.12. The molecule has 1 atom stereocenters. The first-order chi connectivity index (χ1) is 10.2. The summed E-state index contributed by atoms with van der Waals surface area (Å²) < 4.78 is 0.813. The fourth-order valence-electron chi connectivity index (χ4n) is 2.51. The van der Waals surface area contributed by atoms with Gasteiger partial charge in [-0.25, -0.2) is 0 Å². The predicted molar refractivity (Wildman–Crippen MR) is 87.3 cm³/mol. The largest absolute Gasteiger partial charge is 0.363 e. The van der Waals surface area contributed by atoms with Gasteiger partial charge in [0, 0.05) is 18.8 Å². The third kappa shape index (κ3) is 2.89. The van der Waals surface area contributed by atoms with Crippen molar-refractivity contribution in [3.05, 3.63) is 29.8 Å². The van der Waals surface area contributed by atoms with E-state index in [0.717, 1.165) is 21.6 Å². The van der Waals surface area contributed by atoms with Crippen molar-refractivity contribution in [3.8, 4) is 0 Å². The summed E-state index contributed by atoms with van der Waals surface area (Å²) in [4.78, 5) is 14.4. The topological polar surface area (TPSA) is 58.1 Å². The van der Waals surface area contributed by atoms with Gasteiger partial charge in [-0.2, -0.15) is 0 Å². The molecule has 2 heterocycles. The number of thioether (sulfide) groups is 1. The SMILES string of the molecule is CNc1nnc(SCC(=O)N2c3ccccc3C[C@@H]2C)s1. The van der Waals surface area contributed by atoms with Gasteiger partial charge in [0.1, 0.15) is 0 Å². The van der Waals surface area contributed by atoms with Crippen molar-refractivity contribution in [2.75, 3.05) is 23.0 Å². The van der Waals surface area contributed by atoms with Crippen molar-refractivity contribution >= 4 is 39.8 Å². The molecule has 0 unspecified atom stereocenters. The number of carbonyl (C=O) groups is 1. The van der Waals surface area contributed by atoms with Crippen LogP contribution in [-0.4, -0.2) is 34.9 Å². The van der Waals surface area contributed by atoms with Gasteiger partial charge in [0.15, 0.2) is 4.34 Å². The van der Waals surface area contributed by atoms with E-state index in [1.54, 1.807) is 0 Å². The molecule has 0 fully saturated rings. The Labute approximate surface area is 131 Å². The molecule has 1 aliphatic rings. The molecule has 1 amide bonds. The fraction of sp³-hybridized carbons (Fsp3) is 0.357. The van der Waals surface area contributed by atoms with Crippen LogP contribution in [0.4, 0.5) is 10.8 Å². The molecule has 1 aliphatic heterocycles. The molecule has 0 bridgehead atoms. The van der Waals surface area contributed by atoms with E-state index in [-0.39, 0.29) is 11.9 Å². The van der Waals surface area contributed by atoms with E-state index in [1.165, 1.54) is 28.7 Å². The molecule has 0 saturated carbocycles. The van der Waals surface area contributed by atoms with Gasteiger partial charge in [-0.05, 0) is 25.0 Å². The van der Waals surface area contributed by atoms with Gasteiger partial charge in [0.25, 0.3) is 0 Å². The maximum absolute atomic E-state index is 12.5. The van der Waals surface area contributed by atoms with E-state index in [9.17, 15) is 4.79 Å². The highest BCUT2D eigenvalue weighted by Gasteiger charge is 2.30. The Balaban J connectivity index is 1.68. The number of para-hydroxylation sites is 1. The number of amides is 1. The smallest absolute Gasteiger partial charge is 0.237 e. The molecule has 0 spiro atoms. The number of anilines is 2. The number of hydrogen-bond donors (Lipinski definition) is 1. The number of hydrogen-bond acceptors (Lipinski definition) is 6. The Morgan fingerprint density at radius 1 is 1.48 bits per heavy atom. The van der Waals surface area contributed by atoms with Crippen LogP contribution in [0, 0.1) is 0 Å². The zero-order valence-electron chi connectivity index (χ0n) is 11.9. The van der Waals surface area contributed by atoms with Crippen molar-refractivity contribution in [2.24, 2.45) is 0 Å². The van der Waals surface area contributed by atoms with E-state index in [0.29, 0.717) is 5.75 Å². The van der Waals surface area contributed by atoms with Crippen LogP contribution in [-0.2, 0) is 11.2 Å². The Hall–Kier alpha value is -1.60. The molecule has 3 rings (SSSR count). The molecule has 1 N–H and O–H groups in total. The first-order valence-corrected chi connectivity index (χ1v) is 8.53. The van der Waals surface area contributed by atoms with Gasteiger partial charge >= 0.3 is 0 Å². The first-order valence-electron chi connectivity index (χ1n) is 6.73. The lowest BCUT2D eigenvalue weighted by Crippen LogP contribution is -2.36. The molecular weight excluding hydrogens is 304 g/mol. The van der Waals surface area contributed by atoms with Crippen LogP contribution in [0.3, 0.4) is 0 Å². The van der Waals surface area contributed by atoms with Crippen LogP contribution in [0.25, 0.3) is 0 Å². The van der Waals surface area contributed by atoms with E-state index in [4.69, 9.17) is 0 Å². The number of nitrogens with one attached hydrogen (secondary N) is 1. The molecule has 7 heteroatoms. The second-order valence-electron chi connectivity index (χ2n) is 4.86. The summed E-state index contributed by atoms with van der Waals surface area (Å²) in [5.41, 5.74) is 2.29. The second kappa shape index (κ2) is 6.03. The van der Waals surface area contributed by atoms with E-state index in [1.807, 2.05) is 30.1 Å². The van der Waals surface area contributed by atoms with Crippen LogP contribution in [0.15, 0.2) is 28.6 Å². The number of fused-ring (bicyclic) bond motifs is 1. The number of rotatable bonds is 4. The maximum Gasteiger partial charge on any atom is 0.237 e. The quantitative estimate of drug-likeness (QED) is 0.878. The predicted octanol–water partition coefficient (Wildman–Crippen LogP) is 2.65. The second-order valence-corrected chi connectivity index (χ2v) is 7.06. The summed E-state index contributed by atoms with van der Waals surface area (Å²) in [5, 5.41) is 11.7. The fourth-order valence-corrected chi connectivity index (χ4v) is 4.07. The summed E-state index contributed by atoms with van der Waals surface area (Å²) in [5.74, 6) is 0.510. The molecule has 21 heavy (non-hydrogen) atoms. The van der Waals surface area contributed by atoms with Gasteiger partial charge in [-0.15, -0.1) is 10.2 Å². The van der Waals surface area contributed by atoms with Gasteiger partial charge < -0.3 is 10.2 Å². The lowest BCUT2D eigenvalue weighted by molar-refractivity contribution is -0.116. The van der Waals surface area contributed by atoms with Crippen LogP contribution in [0.1, 0.15) is 12.5 Å². The summed E-state index contributed by atoms with van der Waals surface area (Å²) in [6, 6.07) is 8.34. The molecular formula is C14H16N4OS2. The minimum absolute atomic E-state index is 0.124. The molecule has 1 aromatic carbocycles. The van der Waals surface area contributed by atoms with Crippen molar-refractivity contribution < 1.29 is 4.79 Å². The molecule has 5 nitrogen and oxygen atoms in total. The van der Waals surface area contributed by atoms with Crippen molar-refractivity contribution in [1.82, 2.24) is 10.2 Å². The molecule has 0 radical (unpaired) electrons. The minimum Gasteiger partial charge on any atom is -0.363 e. The third-order valence-corrected chi connectivity index (χ3v) is 5.47. The standard InChI is InChI=1S/C14H16N4OS2/c1-9-7-10-5-3-4-6-11(10)18(9)12(19)8-20-14-17-16-13(15-2)21-14/h3-6,9H,7-8H2,1-2H3,(H,15,16)/t9-/m0/s1. The highest BCUT2D eigenvalue weighted by Crippen LogP contribution is 2.33. The molecule has 2 aromatic rings. The average molecular weight is 320 g/mol. The monoisotopic (exact) mass is 320 g/mol. The van der Waals surface area contributed by atoms with E-state index in [2.05, 4.69) is 28.5 Å². The number of nitrogens with zero attached hydrogens (tertiary/aromatic N) is 3. The third-order valence-electron chi connectivity index (χ3n) is 3.42. The molecule has 1 aromatic heterocycles. The van der Waals surface area contributed by atoms with Gasteiger partial charge in [0.05, 0.1) is 5.75 Å². The number of benzene rings is 1. The Morgan fingerprint density at radius 2 is 2.29 bits per heavy atom. The summed E-state index contributed by atoms with van der Waals surface area (Å²) in [7, 11) is 1.81. The Bertz CT molecular complexity index is 658. The normalized spacial score (nSPS) is 16.9. The molecule has 110 valence electrons. The zero-order valence-corrected chi connectivity index (χ0v) is 13.5. The van der Waals surface area contributed by atoms with E-state index >= 15 is 0 Å². The van der Waals surface area contributed by atoms with Gasteiger partial charge in [-0.3, -0.25) is 4.79 Å². The number of aromatic nitrogens is 2. The van der Waals surface area contributed by atoms with Crippen molar-refractivity contribution in [3.63, 3.8) is 0 Å². The Morgan fingerprint density at radius 3 is 3.05 bits per heavy atom. The lowest BCUT2D eigenvalue weighted by atomic mass is 10.1. The average Bonchev–Trinajstić information content (AvgIpc) is 3.07. The first kappa shape index (κ1) is 14.3. The van der Waals surface area contributed by atoms with Crippen LogP contribution in [0.2, 0.25) is 0 Å². The minimum atomic E-state index is 0.124. The van der Waals surface area contributed by atoms with Crippen LogP contribution < -0.4 is 10.2 Å². The van der Waals surface area contributed by atoms with E-state index < -0.39 is 0 Å². The maximum atomic E-state index is 12.5. The number of carbonyl (C=O) groups excluding carboxylic acids is 1. The van der Waals surface area contributed by atoms with Gasteiger partial charge in [-0.1, -0.05) is 41.3 Å². The highest BCUT2D eigenvalue weighted by molar-refractivity contribution is 8.01. The van der Waals surface area contributed by atoms with Crippen LogP contribution >= 0.6 is 23.1 Å². The molecule has 0 aliphatic carbocycles.